The molecule has 6 nitrogen and oxygen atoms in total. The Bertz CT molecular complexity index is 591. The van der Waals surface area contributed by atoms with Crippen LogP contribution in [0.5, 0.6) is 0 Å². The van der Waals surface area contributed by atoms with Gasteiger partial charge in [-0.15, -0.1) is 0 Å². The van der Waals surface area contributed by atoms with Crippen LogP contribution in [0.15, 0.2) is 4.90 Å². The molecule has 0 bridgehead atoms. The Kier molecular flexibility index (Phi) is 5.59. The van der Waals surface area contributed by atoms with Gasteiger partial charge in [0.05, 0.1) is 11.4 Å². The molecule has 1 N–H and O–H groups in total. The lowest BCUT2D eigenvalue weighted by Crippen LogP contribution is -2.36. The first kappa shape index (κ1) is 17.0. The summed E-state index contributed by atoms with van der Waals surface area (Å²) in [5.41, 5.74) is 0.671. The maximum Gasteiger partial charge on any atom is 0.264 e. The minimum absolute atomic E-state index is 0.0183. The summed E-state index contributed by atoms with van der Waals surface area (Å²) in [6, 6.07) is 0.121. The van der Waals surface area contributed by atoms with Gasteiger partial charge in [0.15, 0.2) is 0 Å². The van der Waals surface area contributed by atoms with E-state index in [1.54, 1.807) is 13.8 Å². The number of carbonyl (C=O) groups excluding carboxylic acids is 1. The molecule has 0 atom stereocenters. The van der Waals surface area contributed by atoms with Crippen LogP contribution in [0, 0.1) is 13.8 Å². The Morgan fingerprint density at radius 3 is 2.30 bits per heavy atom. The zero-order chi connectivity index (χ0) is 15.5. The van der Waals surface area contributed by atoms with Gasteiger partial charge in [-0.3, -0.25) is 9.48 Å². The van der Waals surface area contributed by atoms with Crippen molar-refractivity contribution in [3.8, 4) is 0 Å². The Hall–Kier alpha value is -1.08. The monoisotopic (exact) mass is 321 g/mol. The van der Waals surface area contributed by atoms with Crippen molar-refractivity contribution in [2.75, 3.05) is 0 Å². The molecule has 1 aromatic rings. The van der Waals surface area contributed by atoms with E-state index < -0.39 is 9.05 Å². The zero-order valence-corrected chi connectivity index (χ0v) is 13.7. The molecule has 1 amide bonds. The third-order valence-corrected chi connectivity index (χ3v) is 4.74. The van der Waals surface area contributed by atoms with Crippen LogP contribution in [0.1, 0.15) is 38.1 Å². The fourth-order valence-electron chi connectivity index (χ4n) is 2.09. The predicted molar refractivity (Wildman–Crippen MR) is 77.3 cm³/mol. The fraction of sp³-hybridized carbons (Fsp3) is 0.667. The summed E-state index contributed by atoms with van der Waals surface area (Å²) in [7, 11) is 1.51. The quantitative estimate of drug-likeness (QED) is 0.809. The van der Waals surface area contributed by atoms with Gasteiger partial charge in [-0.2, -0.15) is 5.10 Å². The molecule has 1 heterocycles. The van der Waals surface area contributed by atoms with Gasteiger partial charge in [-0.25, -0.2) is 8.42 Å². The highest BCUT2D eigenvalue weighted by Crippen LogP contribution is 2.22. The largest absolute Gasteiger partial charge is 0.352 e. The normalized spacial score (nSPS) is 11.9. The van der Waals surface area contributed by atoms with Crippen LogP contribution in [0.3, 0.4) is 0 Å². The first-order valence-electron chi connectivity index (χ1n) is 6.48. The van der Waals surface area contributed by atoms with Crippen LogP contribution in [0.25, 0.3) is 0 Å². The molecular weight excluding hydrogens is 302 g/mol. The summed E-state index contributed by atoms with van der Waals surface area (Å²) in [6.07, 6.45) is 1.70. The van der Waals surface area contributed by atoms with E-state index >= 15 is 0 Å². The van der Waals surface area contributed by atoms with Gasteiger partial charge < -0.3 is 5.32 Å². The molecule has 8 heteroatoms. The van der Waals surface area contributed by atoms with Crippen LogP contribution in [0.4, 0.5) is 0 Å². The lowest BCUT2D eigenvalue weighted by atomic mass is 10.2. The molecule has 1 aromatic heterocycles. The van der Waals surface area contributed by atoms with Crippen molar-refractivity contribution < 1.29 is 13.2 Å². The smallest absolute Gasteiger partial charge is 0.264 e. The third-order valence-electron chi connectivity index (χ3n) is 3.20. The number of hydrogen-bond acceptors (Lipinski definition) is 4. The Morgan fingerprint density at radius 2 is 1.90 bits per heavy atom. The fourth-order valence-corrected chi connectivity index (χ4v) is 3.61. The van der Waals surface area contributed by atoms with Gasteiger partial charge >= 0.3 is 0 Å². The highest BCUT2D eigenvalue weighted by Gasteiger charge is 2.23. The second-order valence-electron chi connectivity index (χ2n) is 4.68. The summed E-state index contributed by atoms with van der Waals surface area (Å²) in [5, 5.41) is 6.95. The molecule has 0 aliphatic rings. The van der Waals surface area contributed by atoms with Gasteiger partial charge in [-0.05, 0) is 26.7 Å². The molecule has 0 spiro atoms. The molecule has 0 unspecified atom stereocenters. The van der Waals surface area contributed by atoms with Gasteiger partial charge in [0.2, 0.25) is 5.91 Å². The molecule has 0 radical (unpaired) electrons. The second-order valence-corrected chi connectivity index (χ2v) is 7.18. The number of nitrogens with one attached hydrogen (secondary N) is 1. The van der Waals surface area contributed by atoms with E-state index in [0.717, 1.165) is 12.8 Å². The van der Waals surface area contributed by atoms with Crippen molar-refractivity contribution in [1.82, 2.24) is 15.1 Å². The van der Waals surface area contributed by atoms with E-state index in [9.17, 15) is 13.2 Å². The number of aryl methyl sites for hydroxylation is 1. The van der Waals surface area contributed by atoms with Crippen molar-refractivity contribution in [2.24, 2.45) is 0 Å². The maximum absolute atomic E-state index is 11.9. The average molecular weight is 322 g/mol. The van der Waals surface area contributed by atoms with Gasteiger partial charge in [-0.1, -0.05) is 13.8 Å². The molecule has 20 heavy (non-hydrogen) atoms. The molecule has 0 saturated carbocycles. The number of hydrogen-bond donors (Lipinski definition) is 1. The number of amides is 1. The van der Waals surface area contributed by atoms with E-state index in [4.69, 9.17) is 10.7 Å². The summed E-state index contributed by atoms with van der Waals surface area (Å²) < 4.78 is 24.3. The minimum Gasteiger partial charge on any atom is -0.352 e. The van der Waals surface area contributed by atoms with E-state index in [1.165, 1.54) is 4.68 Å². The minimum atomic E-state index is -3.85. The summed E-state index contributed by atoms with van der Waals surface area (Å²) >= 11 is 0. The lowest BCUT2D eigenvalue weighted by Gasteiger charge is -2.15. The van der Waals surface area contributed by atoms with E-state index in [2.05, 4.69) is 10.4 Å². The SMILES string of the molecule is CCC(CC)NC(=O)Cn1nc(C)c(S(=O)(=O)Cl)c1C. The first-order valence-corrected chi connectivity index (χ1v) is 8.79. The van der Waals surface area contributed by atoms with Crippen LogP contribution in [-0.2, 0) is 20.4 Å². The van der Waals surface area contributed by atoms with E-state index in [-0.39, 0.29) is 23.4 Å². The Morgan fingerprint density at radius 1 is 1.35 bits per heavy atom. The lowest BCUT2D eigenvalue weighted by molar-refractivity contribution is -0.122. The highest BCUT2D eigenvalue weighted by molar-refractivity contribution is 8.13. The molecule has 0 aliphatic heterocycles. The van der Waals surface area contributed by atoms with Crippen LogP contribution < -0.4 is 5.32 Å². The van der Waals surface area contributed by atoms with Gasteiger partial charge in [0, 0.05) is 16.7 Å². The number of rotatable bonds is 6. The molecule has 0 fully saturated rings. The molecule has 0 aromatic carbocycles. The van der Waals surface area contributed by atoms with E-state index in [1.807, 2.05) is 13.8 Å². The standard InChI is InChI=1S/C12H20ClN3O3S/c1-5-10(6-2)14-11(17)7-16-9(4)12(8(3)15-16)20(13,18)19/h10H,5-7H2,1-4H3,(H,14,17). The number of nitrogens with zero attached hydrogens (tertiary/aromatic N) is 2. The van der Waals surface area contributed by atoms with Crippen molar-refractivity contribution in [3.63, 3.8) is 0 Å². The number of halogens is 1. The number of aromatic nitrogens is 2. The van der Waals surface area contributed by atoms with Crippen molar-refractivity contribution >= 4 is 25.6 Å². The molecular formula is C12H20ClN3O3S. The van der Waals surface area contributed by atoms with Gasteiger partial charge in [0.1, 0.15) is 11.4 Å². The Labute approximate surface area is 123 Å². The third kappa shape index (κ3) is 3.96. The average Bonchev–Trinajstić information content (AvgIpc) is 2.60. The Balaban J connectivity index is 2.93. The second kappa shape index (κ2) is 6.58. The van der Waals surface area contributed by atoms with Crippen LogP contribution in [-0.4, -0.2) is 30.1 Å². The van der Waals surface area contributed by atoms with Crippen LogP contribution in [0.2, 0.25) is 0 Å². The summed E-state index contributed by atoms with van der Waals surface area (Å²) in [6.45, 7) is 7.11. The van der Waals surface area contributed by atoms with Crippen molar-refractivity contribution in [2.45, 2.75) is 58.0 Å². The molecule has 0 aliphatic carbocycles. The topological polar surface area (TPSA) is 81.1 Å². The van der Waals surface area contributed by atoms with Crippen LogP contribution >= 0.6 is 10.7 Å². The molecule has 1 rings (SSSR count). The predicted octanol–water partition coefficient (Wildman–Crippen LogP) is 1.73. The van der Waals surface area contributed by atoms with Crippen molar-refractivity contribution in [1.29, 1.82) is 0 Å². The highest BCUT2D eigenvalue weighted by atomic mass is 35.7. The van der Waals surface area contributed by atoms with E-state index in [0.29, 0.717) is 11.4 Å². The van der Waals surface area contributed by atoms with Gasteiger partial charge in [0.25, 0.3) is 9.05 Å². The molecule has 0 saturated heterocycles. The zero-order valence-electron chi connectivity index (χ0n) is 12.1. The first-order chi connectivity index (χ1) is 9.20. The summed E-state index contributed by atoms with van der Waals surface area (Å²) in [5.74, 6) is -0.192. The maximum atomic E-state index is 11.9. The molecule has 114 valence electrons. The number of carbonyl (C=O) groups is 1. The van der Waals surface area contributed by atoms with Crippen molar-refractivity contribution in [3.05, 3.63) is 11.4 Å². The summed E-state index contributed by atoms with van der Waals surface area (Å²) in [4.78, 5) is 11.9.